The fraction of sp³-hybridized carbons (Fsp3) is 0.214. The molecule has 1 heterocycles. The molecule has 0 spiro atoms. The molecule has 0 amide bonds. The van der Waals surface area contributed by atoms with Crippen LogP contribution in [0.2, 0.25) is 0 Å². The first-order chi connectivity index (χ1) is 9.97. The molecule has 1 aromatic heterocycles. The number of rotatable bonds is 4. The van der Waals surface area contributed by atoms with E-state index in [2.05, 4.69) is 5.10 Å². The van der Waals surface area contributed by atoms with Gasteiger partial charge < -0.3 is 15.2 Å². The summed E-state index contributed by atoms with van der Waals surface area (Å²) in [5.74, 6) is 0.906. The van der Waals surface area contributed by atoms with Crippen molar-refractivity contribution in [3.8, 4) is 22.8 Å². The summed E-state index contributed by atoms with van der Waals surface area (Å²) in [6.45, 7) is 0. The number of benzene rings is 1. The molecule has 0 aliphatic heterocycles. The molecule has 3 N–H and O–H groups in total. The van der Waals surface area contributed by atoms with E-state index in [1.165, 1.54) is 13.1 Å². The van der Waals surface area contributed by atoms with Crippen LogP contribution in [0.15, 0.2) is 29.1 Å². The van der Waals surface area contributed by atoms with Crippen molar-refractivity contribution in [3.63, 3.8) is 0 Å². The molecule has 0 aliphatic rings. The maximum absolute atomic E-state index is 11.9. The predicted molar refractivity (Wildman–Crippen MR) is 79.0 cm³/mol. The smallest absolute Gasteiger partial charge is 0.277 e. The summed E-state index contributed by atoms with van der Waals surface area (Å²) in [5.41, 5.74) is 6.23. The Morgan fingerprint density at radius 1 is 1.29 bits per heavy atom. The molecule has 0 fully saturated rings. The standard InChI is InChI=1S/C14H16N4O3/c1-18-14(19)10(13(15)16)7-11(17-18)9-6-8(20-2)4-5-12(9)21-3/h4-7H,1-3H3,(H3,15,16). The van der Waals surface area contributed by atoms with Crippen molar-refractivity contribution in [2.75, 3.05) is 14.2 Å². The number of hydrogen-bond donors (Lipinski definition) is 2. The average molecular weight is 288 g/mol. The first-order valence-corrected chi connectivity index (χ1v) is 6.13. The minimum absolute atomic E-state index is 0.0902. The van der Waals surface area contributed by atoms with Crippen molar-refractivity contribution < 1.29 is 9.47 Å². The number of aryl methyl sites for hydroxylation is 1. The van der Waals surface area contributed by atoms with Gasteiger partial charge in [0.15, 0.2) is 0 Å². The number of amidine groups is 1. The summed E-state index contributed by atoms with van der Waals surface area (Å²) in [4.78, 5) is 11.9. The Morgan fingerprint density at radius 2 is 2.00 bits per heavy atom. The number of hydrogen-bond acceptors (Lipinski definition) is 5. The number of ether oxygens (including phenoxy) is 2. The Labute approximate surface area is 121 Å². The van der Waals surface area contributed by atoms with Crippen molar-refractivity contribution in [3.05, 3.63) is 40.2 Å². The highest BCUT2D eigenvalue weighted by atomic mass is 16.5. The number of methoxy groups -OCH3 is 2. The summed E-state index contributed by atoms with van der Waals surface area (Å²) in [5, 5.41) is 11.7. The van der Waals surface area contributed by atoms with Gasteiger partial charge in [0.1, 0.15) is 17.3 Å². The van der Waals surface area contributed by atoms with Gasteiger partial charge in [0, 0.05) is 12.6 Å². The zero-order valence-electron chi connectivity index (χ0n) is 12.0. The summed E-state index contributed by atoms with van der Waals surface area (Å²) in [6.07, 6.45) is 0. The van der Waals surface area contributed by atoms with Gasteiger partial charge in [-0.15, -0.1) is 0 Å². The molecule has 0 saturated carbocycles. The number of aromatic nitrogens is 2. The molecule has 21 heavy (non-hydrogen) atoms. The van der Waals surface area contributed by atoms with Crippen LogP contribution in [0.1, 0.15) is 5.56 Å². The lowest BCUT2D eigenvalue weighted by Crippen LogP contribution is -2.29. The summed E-state index contributed by atoms with van der Waals surface area (Å²) >= 11 is 0. The molecule has 0 aliphatic carbocycles. The van der Waals surface area contributed by atoms with Crippen LogP contribution in [0.3, 0.4) is 0 Å². The third kappa shape index (κ3) is 2.71. The third-order valence-corrected chi connectivity index (χ3v) is 3.04. The molecule has 0 unspecified atom stereocenters. The molecule has 0 bridgehead atoms. The Bertz CT molecular complexity index is 752. The van der Waals surface area contributed by atoms with Gasteiger partial charge in [-0.1, -0.05) is 0 Å². The average Bonchev–Trinajstić information content (AvgIpc) is 2.48. The molecular weight excluding hydrogens is 272 g/mol. The minimum atomic E-state index is -0.423. The maximum atomic E-state index is 11.9. The van der Waals surface area contributed by atoms with Crippen LogP contribution in [-0.2, 0) is 7.05 Å². The fourth-order valence-corrected chi connectivity index (χ4v) is 1.95. The molecule has 1 aromatic carbocycles. The van der Waals surface area contributed by atoms with Crippen LogP contribution in [0.5, 0.6) is 11.5 Å². The fourth-order valence-electron chi connectivity index (χ4n) is 1.95. The SMILES string of the molecule is COc1ccc(OC)c(-c2cc(C(=N)N)c(=O)n(C)n2)c1. The Balaban J connectivity index is 2.72. The molecule has 2 rings (SSSR count). The van der Waals surface area contributed by atoms with Gasteiger partial charge in [-0.2, -0.15) is 5.10 Å². The second-order valence-electron chi connectivity index (χ2n) is 4.35. The normalized spacial score (nSPS) is 10.2. The first kappa shape index (κ1) is 14.6. The van der Waals surface area contributed by atoms with Gasteiger partial charge >= 0.3 is 0 Å². The van der Waals surface area contributed by atoms with Gasteiger partial charge in [-0.05, 0) is 24.3 Å². The summed E-state index contributed by atoms with van der Waals surface area (Å²) in [6, 6.07) is 6.72. The van der Waals surface area contributed by atoms with Crippen LogP contribution < -0.4 is 20.8 Å². The van der Waals surface area contributed by atoms with Crippen LogP contribution in [0.25, 0.3) is 11.3 Å². The highest BCUT2D eigenvalue weighted by Crippen LogP contribution is 2.32. The Hall–Kier alpha value is -2.83. The van der Waals surface area contributed by atoms with E-state index in [0.29, 0.717) is 22.8 Å². The third-order valence-electron chi connectivity index (χ3n) is 3.04. The monoisotopic (exact) mass is 288 g/mol. The van der Waals surface area contributed by atoms with Crippen molar-refractivity contribution in [1.29, 1.82) is 5.41 Å². The van der Waals surface area contributed by atoms with Crippen LogP contribution in [-0.4, -0.2) is 29.8 Å². The van der Waals surface area contributed by atoms with E-state index in [9.17, 15) is 4.79 Å². The maximum Gasteiger partial charge on any atom is 0.277 e. The highest BCUT2D eigenvalue weighted by Gasteiger charge is 2.14. The van der Waals surface area contributed by atoms with E-state index in [1.807, 2.05) is 0 Å². The van der Waals surface area contributed by atoms with E-state index in [0.717, 1.165) is 4.68 Å². The van der Waals surface area contributed by atoms with Crippen molar-refractivity contribution >= 4 is 5.84 Å². The minimum Gasteiger partial charge on any atom is -0.497 e. The van der Waals surface area contributed by atoms with Gasteiger partial charge in [0.25, 0.3) is 5.56 Å². The molecule has 0 saturated heterocycles. The van der Waals surface area contributed by atoms with Gasteiger partial charge in [-0.25, -0.2) is 4.68 Å². The van der Waals surface area contributed by atoms with Crippen LogP contribution in [0, 0.1) is 5.41 Å². The second kappa shape index (κ2) is 5.66. The van der Waals surface area contributed by atoms with E-state index in [4.69, 9.17) is 20.6 Å². The van der Waals surface area contributed by atoms with Crippen LogP contribution >= 0.6 is 0 Å². The van der Waals surface area contributed by atoms with Gasteiger partial charge in [0.2, 0.25) is 0 Å². The van der Waals surface area contributed by atoms with Gasteiger partial charge in [-0.3, -0.25) is 10.2 Å². The Kier molecular flexibility index (Phi) is 3.93. The molecule has 2 aromatic rings. The molecule has 0 atom stereocenters. The molecule has 0 radical (unpaired) electrons. The Morgan fingerprint density at radius 3 is 2.57 bits per heavy atom. The zero-order chi connectivity index (χ0) is 15.6. The molecule has 7 heteroatoms. The predicted octanol–water partition coefficient (Wildman–Crippen LogP) is 0.749. The summed E-state index contributed by atoms with van der Waals surface area (Å²) in [7, 11) is 4.60. The van der Waals surface area contributed by atoms with Gasteiger partial charge in [0.05, 0.1) is 25.5 Å². The lowest BCUT2D eigenvalue weighted by Gasteiger charge is -2.11. The lowest BCUT2D eigenvalue weighted by atomic mass is 10.1. The lowest BCUT2D eigenvalue weighted by molar-refractivity contribution is 0.404. The topological polar surface area (TPSA) is 103 Å². The first-order valence-electron chi connectivity index (χ1n) is 6.13. The number of nitrogens with two attached hydrogens (primary N) is 1. The van der Waals surface area contributed by atoms with Crippen molar-refractivity contribution in [1.82, 2.24) is 9.78 Å². The quantitative estimate of drug-likeness (QED) is 0.638. The number of nitrogen functional groups attached to an aromatic ring is 1. The van der Waals surface area contributed by atoms with Crippen molar-refractivity contribution in [2.24, 2.45) is 12.8 Å². The number of nitrogens with one attached hydrogen (secondary N) is 1. The van der Waals surface area contributed by atoms with E-state index < -0.39 is 5.56 Å². The van der Waals surface area contributed by atoms with Crippen molar-refractivity contribution in [2.45, 2.75) is 0 Å². The molecular formula is C14H16N4O3. The molecule has 7 nitrogen and oxygen atoms in total. The summed E-state index contributed by atoms with van der Waals surface area (Å²) < 4.78 is 11.6. The number of nitrogens with zero attached hydrogens (tertiary/aromatic N) is 2. The van der Waals surface area contributed by atoms with Crippen LogP contribution in [0.4, 0.5) is 0 Å². The second-order valence-corrected chi connectivity index (χ2v) is 4.35. The van der Waals surface area contributed by atoms with E-state index in [-0.39, 0.29) is 11.4 Å². The van der Waals surface area contributed by atoms with E-state index in [1.54, 1.807) is 32.4 Å². The zero-order valence-corrected chi connectivity index (χ0v) is 12.0. The van der Waals surface area contributed by atoms with E-state index >= 15 is 0 Å². The molecule has 110 valence electrons. The highest BCUT2D eigenvalue weighted by molar-refractivity contribution is 5.95. The largest absolute Gasteiger partial charge is 0.497 e.